The van der Waals surface area contributed by atoms with Gasteiger partial charge in [0.05, 0.1) is 36.2 Å². The minimum atomic E-state index is -0.393. The van der Waals surface area contributed by atoms with E-state index < -0.39 is 5.91 Å². The van der Waals surface area contributed by atoms with Crippen LogP contribution in [0.5, 0.6) is 11.5 Å². The molecule has 0 aliphatic carbocycles. The Bertz CT molecular complexity index is 1300. The van der Waals surface area contributed by atoms with E-state index in [9.17, 15) is 4.79 Å². The van der Waals surface area contributed by atoms with Crippen molar-refractivity contribution < 1.29 is 14.3 Å². The maximum Gasteiger partial charge on any atom is 0.258 e. The van der Waals surface area contributed by atoms with Crippen molar-refractivity contribution in [1.29, 1.82) is 0 Å². The van der Waals surface area contributed by atoms with Gasteiger partial charge in [0.2, 0.25) is 5.13 Å². The molecule has 164 valence electrons. The molecular weight excluding hydrogens is 471 g/mol. The van der Waals surface area contributed by atoms with Crippen LogP contribution in [0.15, 0.2) is 47.8 Å². The Kier molecular flexibility index (Phi) is 6.36. The van der Waals surface area contributed by atoms with Crippen molar-refractivity contribution in [2.75, 3.05) is 19.5 Å². The molecule has 0 aliphatic rings. The molecule has 0 saturated carbocycles. The number of hydrogen-bond donors (Lipinski definition) is 1. The summed E-state index contributed by atoms with van der Waals surface area (Å²) in [6.45, 7) is 1.83. The molecule has 1 amide bonds. The van der Waals surface area contributed by atoms with Crippen molar-refractivity contribution in [2.45, 2.75) is 6.92 Å². The Morgan fingerprint density at radius 2 is 1.84 bits per heavy atom. The Hall–Kier alpha value is -3.07. The molecule has 0 aliphatic heterocycles. The number of aromatic nitrogens is 3. The van der Waals surface area contributed by atoms with Crippen molar-refractivity contribution >= 4 is 46.3 Å². The molecule has 2 aromatic heterocycles. The molecule has 2 aromatic carbocycles. The number of carbonyl (C=O) groups excluding carboxylic acids is 1. The van der Waals surface area contributed by atoms with Crippen molar-refractivity contribution in [2.24, 2.45) is 0 Å². The fourth-order valence-electron chi connectivity index (χ4n) is 3.08. The first-order valence-electron chi connectivity index (χ1n) is 9.41. The molecular formula is C22H18Cl2N4O3S. The summed E-state index contributed by atoms with van der Waals surface area (Å²) in [6, 6.07) is 12.1. The molecule has 0 spiro atoms. The van der Waals surface area contributed by atoms with Gasteiger partial charge in [0.1, 0.15) is 5.82 Å². The van der Waals surface area contributed by atoms with Gasteiger partial charge in [-0.25, -0.2) is 4.98 Å². The molecule has 7 nitrogen and oxygen atoms in total. The molecule has 0 saturated heterocycles. The standard InChI is InChI=1S/C22H18Cl2N4O3S/c1-12-8-20(26-21(29)15-10-14(23)5-6-16(15)24)28(27-12)22-25-17(11-32-22)13-4-7-18(30-2)19(9-13)31-3/h4-11H,1-3H3,(H,26,29). The fraction of sp³-hybridized carbons (Fsp3) is 0.136. The number of ether oxygens (including phenoxy) is 2. The van der Waals surface area contributed by atoms with E-state index in [1.54, 1.807) is 37.1 Å². The SMILES string of the molecule is COc1ccc(-c2csc(-n3nc(C)cc3NC(=O)c3cc(Cl)ccc3Cl)n2)cc1OC. The molecule has 2 heterocycles. The maximum atomic E-state index is 12.8. The first-order chi connectivity index (χ1) is 15.4. The zero-order chi connectivity index (χ0) is 22.8. The minimum absolute atomic E-state index is 0.273. The summed E-state index contributed by atoms with van der Waals surface area (Å²) in [6.07, 6.45) is 0. The zero-order valence-corrected chi connectivity index (χ0v) is 19.7. The molecule has 0 bridgehead atoms. The lowest BCUT2D eigenvalue weighted by Gasteiger charge is -2.09. The van der Waals surface area contributed by atoms with E-state index in [4.69, 9.17) is 37.7 Å². The number of methoxy groups -OCH3 is 2. The number of hydrogen-bond acceptors (Lipinski definition) is 6. The molecule has 0 atom stereocenters. The van der Waals surface area contributed by atoms with Gasteiger partial charge in [0.25, 0.3) is 5.91 Å². The lowest BCUT2D eigenvalue weighted by atomic mass is 10.1. The molecule has 0 fully saturated rings. The fourth-order valence-corrected chi connectivity index (χ4v) is 4.25. The monoisotopic (exact) mass is 488 g/mol. The number of amides is 1. The summed E-state index contributed by atoms with van der Waals surface area (Å²) in [5.41, 5.74) is 2.61. The van der Waals surface area contributed by atoms with Crippen LogP contribution in [0, 0.1) is 6.92 Å². The van der Waals surface area contributed by atoms with Gasteiger partial charge in [-0.2, -0.15) is 9.78 Å². The normalized spacial score (nSPS) is 10.8. The summed E-state index contributed by atoms with van der Waals surface area (Å²) in [4.78, 5) is 17.5. The molecule has 0 unspecified atom stereocenters. The van der Waals surface area contributed by atoms with E-state index in [-0.39, 0.29) is 5.56 Å². The van der Waals surface area contributed by atoms with Gasteiger partial charge in [-0.15, -0.1) is 11.3 Å². The van der Waals surface area contributed by atoms with Crippen LogP contribution < -0.4 is 14.8 Å². The van der Waals surface area contributed by atoms with Crippen molar-refractivity contribution in [3.8, 4) is 27.9 Å². The average Bonchev–Trinajstić information content (AvgIpc) is 3.41. The Morgan fingerprint density at radius 1 is 1.06 bits per heavy atom. The van der Waals surface area contributed by atoms with Gasteiger partial charge in [-0.3, -0.25) is 4.79 Å². The van der Waals surface area contributed by atoms with Crippen LogP contribution in [0.3, 0.4) is 0 Å². The van der Waals surface area contributed by atoms with E-state index in [0.29, 0.717) is 32.5 Å². The van der Waals surface area contributed by atoms with Gasteiger partial charge in [0.15, 0.2) is 11.5 Å². The van der Waals surface area contributed by atoms with Crippen LogP contribution >= 0.6 is 34.5 Å². The summed E-state index contributed by atoms with van der Waals surface area (Å²) in [5.74, 6) is 1.33. The molecule has 0 radical (unpaired) electrons. The predicted octanol–water partition coefficient (Wildman–Crippen LogP) is 5.88. The third-order valence-electron chi connectivity index (χ3n) is 4.60. The Morgan fingerprint density at radius 3 is 2.59 bits per heavy atom. The first-order valence-corrected chi connectivity index (χ1v) is 11.0. The summed E-state index contributed by atoms with van der Waals surface area (Å²) < 4.78 is 12.3. The molecule has 4 aromatic rings. The van der Waals surface area contributed by atoms with E-state index in [0.717, 1.165) is 17.0 Å². The van der Waals surface area contributed by atoms with Gasteiger partial charge in [0, 0.05) is 22.0 Å². The third-order valence-corrected chi connectivity index (χ3v) is 5.98. The second-order valence-corrected chi connectivity index (χ2v) is 8.43. The summed E-state index contributed by atoms with van der Waals surface area (Å²) in [7, 11) is 3.17. The highest BCUT2D eigenvalue weighted by molar-refractivity contribution is 7.12. The van der Waals surface area contributed by atoms with Crippen LogP contribution in [-0.2, 0) is 0 Å². The number of thiazole rings is 1. The number of anilines is 1. The Labute approximate surface area is 198 Å². The smallest absolute Gasteiger partial charge is 0.258 e. The number of halogens is 2. The number of carbonyl (C=O) groups is 1. The van der Waals surface area contributed by atoms with E-state index in [1.807, 2.05) is 30.5 Å². The highest BCUT2D eigenvalue weighted by atomic mass is 35.5. The lowest BCUT2D eigenvalue weighted by molar-refractivity contribution is 0.102. The molecule has 4 rings (SSSR count). The zero-order valence-electron chi connectivity index (χ0n) is 17.3. The number of nitrogens with one attached hydrogen (secondary N) is 1. The maximum absolute atomic E-state index is 12.8. The lowest BCUT2D eigenvalue weighted by Crippen LogP contribution is -2.15. The van der Waals surface area contributed by atoms with Gasteiger partial charge < -0.3 is 14.8 Å². The molecule has 1 N–H and O–H groups in total. The van der Waals surface area contributed by atoms with Crippen LogP contribution in [-0.4, -0.2) is 34.9 Å². The molecule has 10 heteroatoms. The second-order valence-electron chi connectivity index (χ2n) is 6.75. The topological polar surface area (TPSA) is 78.3 Å². The second kappa shape index (κ2) is 9.20. The van der Waals surface area contributed by atoms with Crippen LogP contribution in [0.4, 0.5) is 5.82 Å². The first kappa shape index (κ1) is 22.1. The minimum Gasteiger partial charge on any atom is -0.493 e. The number of rotatable bonds is 6. The van der Waals surface area contributed by atoms with Crippen LogP contribution in [0.25, 0.3) is 16.4 Å². The predicted molar refractivity (Wildman–Crippen MR) is 127 cm³/mol. The number of benzene rings is 2. The van der Waals surface area contributed by atoms with Crippen LogP contribution in [0.2, 0.25) is 10.0 Å². The van der Waals surface area contributed by atoms with Gasteiger partial charge in [-0.05, 0) is 43.3 Å². The third kappa shape index (κ3) is 4.43. The highest BCUT2D eigenvalue weighted by Gasteiger charge is 2.18. The summed E-state index contributed by atoms with van der Waals surface area (Å²) in [5, 5.41) is 10.6. The quantitative estimate of drug-likeness (QED) is 0.366. The summed E-state index contributed by atoms with van der Waals surface area (Å²) >= 11 is 13.6. The number of nitrogens with zero attached hydrogens (tertiary/aromatic N) is 3. The van der Waals surface area contributed by atoms with E-state index in [1.165, 1.54) is 17.4 Å². The average molecular weight is 489 g/mol. The van der Waals surface area contributed by atoms with Crippen molar-refractivity contribution in [3.63, 3.8) is 0 Å². The van der Waals surface area contributed by atoms with Crippen molar-refractivity contribution in [3.05, 3.63) is 69.1 Å². The molecule has 32 heavy (non-hydrogen) atoms. The number of aryl methyl sites for hydroxylation is 1. The van der Waals surface area contributed by atoms with Crippen molar-refractivity contribution in [1.82, 2.24) is 14.8 Å². The van der Waals surface area contributed by atoms with E-state index >= 15 is 0 Å². The highest BCUT2D eigenvalue weighted by Crippen LogP contribution is 2.34. The van der Waals surface area contributed by atoms with E-state index in [2.05, 4.69) is 10.4 Å². The Balaban J connectivity index is 1.65. The van der Waals surface area contributed by atoms with Gasteiger partial charge in [-0.1, -0.05) is 23.2 Å². The van der Waals surface area contributed by atoms with Gasteiger partial charge >= 0.3 is 0 Å². The van der Waals surface area contributed by atoms with Crippen LogP contribution in [0.1, 0.15) is 16.1 Å². The largest absolute Gasteiger partial charge is 0.493 e.